The second kappa shape index (κ2) is 4.07. The van der Waals surface area contributed by atoms with Crippen LogP contribution in [0.2, 0.25) is 0 Å². The Morgan fingerprint density at radius 3 is 2.45 bits per heavy atom. The van der Waals surface area contributed by atoms with Gasteiger partial charge in [0.2, 0.25) is 0 Å². The first-order valence-electron chi connectivity index (χ1n) is 3.26. The molecule has 1 nitrogen and oxygen atoms in total. The smallest absolute Gasteiger partial charge is 0.0701 e. The average Bonchev–Trinajstić information content (AvgIpc) is 2.05. The topological polar surface area (TPSA) is 12.9 Å². The summed E-state index contributed by atoms with van der Waals surface area (Å²) in [4.78, 5) is 4.18. The third-order valence-electron chi connectivity index (χ3n) is 1.51. The Labute approximate surface area is 96.3 Å². The summed E-state index contributed by atoms with van der Waals surface area (Å²) in [5, 5.41) is 1.20. The molecule has 0 bridgehead atoms. The van der Waals surface area contributed by atoms with Gasteiger partial charge in [0.15, 0.2) is 0 Å². The number of aromatic nitrogens is 1. The summed E-state index contributed by atoms with van der Waals surface area (Å²) in [5.74, 6) is 0. The van der Waals surface area contributed by atoms with Crippen LogP contribution in [0.25, 0.3) is 10.9 Å². The Balaban J connectivity index is 0.000000605. The number of benzene rings is 1. The Morgan fingerprint density at radius 1 is 0.909 bits per heavy atom. The summed E-state index contributed by atoms with van der Waals surface area (Å²) in [6.45, 7) is 0. The summed E-state index contributed by atoms with van der Waals surface area (Å²) >= 11 is 0. The fraction of sp³-hybridized carbons (Fsp3) is 0. The van der Waals surface area contributed by atoms with Crippen LogP contribution in [-0.2, 0) is 0 Å². The van der Waals surface area contributed by atoms with Gasteiger partial charge in [-0.3, -0.25) is 4.98 Å². The van der Waals surface area contributed by atoms with Crippen molar-refractivity contribution in [3.8, 4) is 0 Å². The zero-order chi connectivity index (χ0) is 6.81. The molecule has 1 aromatic carbocycles. The van der Waals surface area contributed by atoms with E-state index in [0.717, 1.165) is 5.52 Å². The second-order valence-corrected chi connectivity index (χ2v) is 2.20. The number of pyridine rings is 1. The zero-order valence-electron chi connectivity index (χ0n) is 5.82. The summed E-state index contributed by atoms with van der Waals surface area (Å²) in [7, 11) is 0. The van der Waals surface area contributed by atoms with Crippen molar-refractivity contribution in [1.82, 2.24) is 4.98 Å². The molecule has 1 radical (unpaired) electrons. The molecule has 0 saturated carbocycles. The van der Waals surface area contributed by atoms with Gasteiger partial charge < -0.3 is 0 Å². The Morgan fingerprint density at radius 2 is 1.64 bits per heavy atom. The zero-order valence-corrected chi connectivity index (χ0v) is 7.96. The molecular formula is C9H7NTb. The quantitative estimate of drug-likeness (QED) is 0.724. The van der Waals surface area contributed by atoms with E-state index in [1.807, 2.05) is 30.5 Å². The van der Waals surface area contributed by atoms with Gasteiger partial charge >= 0.3 is 0 Å². The summed E-state index contributed by atoms with van der Waals surface area (Å²) in [6.07, 6.45) is 1.81. The molecule has 0 fully saturated rings. The van der Waals surface area contributed by atoms with Gasteiger partial charge in [-0.05, 0) is 12.1 Å². The van der Waals surface area contributed by atoms with E-state index in [-0.39, 0.29) is 38.6 Å². The Kier molecular flexibility index (Phi) is 3.33. The van der Waals surface area contributed by atoms with E-state index in [1.54, 1.807) is 0 Å². The molecule has 57 valence electrons. The van der Waals surface area contributed by atoms with Crippen molar-refractivity contribution in [2.75, 3.05) is 0 Å². The molecule has 0 amide bonds. The van der Waals surface area contributed by atoms with Gasteiger partial charge in [0.25, 0.3) is 0 Å². The van der Waals surface area contributed by atoms with Crippen molar-refractivity contribution in [3.05, 3.63) is 42.6 Å². The number of rotatable bonds is 0. The summed E-state index contributed by atoms with van der Waals surface area (Å²) in [6, 6.07) is 12.1. The molecular weight excluding hydrogens is 281 g/mol. The molecule has 0 atom stereocenters. The monoisotopic (exact) mass is 288 g/mol. The van der Waals surface area contributed by atoms with Crippen LogP contribution < -0.4 is 0 Å². The first-order chi connectivity index (χ1) is 4.97. The van der Waals surface area contributed by atoms with Crippen molar-refractivity contribution >= 4 is 10.9 Å². The number of nitrogens with zero attached hydrogens (tertiary/aromatic N) is 1. The molecule has 0 unspecified atom stereocenters. The maximum atomic E-state index is 4.18. The van der Waals surface area contributed by atoms with Crippen molar-refractivity contribution in [2.45, 2.75) is 0 Å². The SMILES string of the molecule is [Tb].c1ccc2ncccc2c1. The molecule has 1 aromatic heterocycles. The fourth-order valence-electron chi connectivity index (χ4n) is 1.02. The van der Waals surface area contributed by atoms with Crippen LogP contribution in [0.1, 0.15) is 0 Å². The Hall–Kier alpha value is -0.0843. The molecule has 0 N–H and O–H groups in total. The van der Waals surface area contributed by atoms with E-state index < -0.39 is 0 Å². The molecule has 0 aliphatic carbocycles. The summed E-state index contributed by atoms with van der Waals surface area (Å²) in [5.41, 5.74) is 1.06. The van der Waals surface area contributed by atoms with Gasteiger partial charge in [-0.1, -0.05) is 24.3 Å². The normalized spacial score (nSPS) is 9.09. The molecule has 0 saturated heterocycles. The molecule has 2 heteroatoms. The van der Waals surface area contributed by atoms with Crippen LogP contribution >= 0.6 is 0 Å². The molecule has 0 spiro atoms. The van der Waals surface area contributed by atoms with Gasteiger partial charge in [-0.25, -0.2) is 0 Å². The number of para-hydroxylation sites is 1. The number of hydrogen-bond donors (Lipinski definition) is 0. The fourth-order valence-corrected chi connectivity index (χ4v) is 1.02. The van der Waals surface area contributed by atoms with Gasteiger partial charge in [-0.2, -0.15) is 0 Å². The van der Waals surface area contributed by atoms with Crippen molar-refractivity contribution in [1.29, 1.82) is 0 Å². The maximum absolute atomic E-state index is 4.18. The minimum absolute atomic E-state index is 0. The van der Waals surface area contributed by atoms with Crippen LogP contribution in [0.5, 0.6) is 0 Å². The van der Waals surface area contributed by atoms with E-state index in [1.165, 1.54) is 5.39 Å². The van der Waals surface area contributed by atoms with Gasteiger partial charge in [0, 0.05) is 50.2 Å². The third-order valence-corrected chi connectivity index (χ3v) is 1.51. The molecule has 1 heterocycles. The number of fused-ring (bicyclic) bond motifs is 1. The second-order valence-electron chi connectivity index (χ2n) is 2.20. The first kappa shape index (κ1) is 9.01. The minimum Gasteiger partial charge on any atom is -0.256 e. The van der Waals surface area contributed by atoms with E-state index in [0.29, 0.717) is 0 Å². The predicted octanol–water partition coefficient (Wildman–Crippen LogP) is 2.23. The van der Waals surface area contributed by atoms with E-state index >= 15 is 0 Å². The number of hydrogen-bond acceptors (Lipinski definition) is 1. The Bertz CT molecular complexity index is 281. The third kappa shape index (κ3) is 1.94. The van der Waals surface area contributed by atoms with Crippen molar-refractivity contribution in [2.24, 2.45) is 0 Å². The summed E-state index contributed by atoms with van der Waals surface area (Å²) < 4.78 is 0. The van der Waals surface area contributed by atoms with Crippen LogP contribution in [-0.4, -0.2) is 4.98 Å². The van der Waals surface area contributed by atoms with E-state index in [9.17, 15) is 0 Å². The van der Waals surface area contributed by atoms with Crippen LogP contribution in [0, 0.1) is 38.6 Å². The van der Waals surface area contributed by atoms with E-state index in [2.05, 4.69) is 17.1 Å². The average molecular weight is 288 g/mol. The van der Waals surface area contributed by atoms with Crippen molar-refractivity contribution in [3.63, 3.8) is 0 Å². The first-order valence-corrected chi connectivity index (χ1v) is 3.26. The minimum atomic E-state index is 0. The molecule has 2 rings (SSSR count). The van der Waals surface area contributed by atoms with Gasteiger partial charge in [-0.15, -0.1) is 0 Å². The molecule has 11 heavy (non-hydrogen) atoms. The standard InChI is InChI=1S/C9H7N.Tb/c1-2-6-9-8(4-1)5-3-7-10-9;/h1-7H;. The molecule has 0 aliphatic heterocycles. The maximum Gasteiger partial charge on any atom is 0.0701 e. The van der Waals surface area contributed by atoms with Crippen molar-refractivity contribution < 1.29 is 38.6 Å². The van der Waals surface area contributed by atoms with Gasteiger partial charge in [0.1, 0.15) is 0 Å². The molecule has 0 aliphatic rings. The largest absolute Gasteiger partial charge is 0.256 e. The van der Waals surface area contributed by atoms with Crippen LogP contribution in [0.15, 0.2) is 42.6 Å². The van der Waals surface area contributed by atoms with Crippen LogP contribution in [0.4, 0.5) is 0 Å². The van der Waals surface area contributed by atoms with Gasteiger partial charge in [0.05, 0.1) is 5.52 Å². The van der Waals surface area contributed by atoms with E-state index in [4.69, 9.17) is 0 Å². The van der Waals surface area contributed by atoms with Crippen LogP contribution in [0.3, 0.4) is 0 Å². The molecule has 2 aromatic rings. The predicted molar refractivity (Wildman–Crippen MR) is 41.7 cm³/mol.